The topological polar surface area (TPSA) is 70.7 Å². The molecule has 0 unspecified atom stereocenters. The average Bonchev–Trinajstić information content (AvgIpc) is 2.52. The van der Waals surface area contributed by atoms with E-state index >= 15 is 0 Å². The molecule has 5 nitrogen and oxygen atoms in total. The second-order valence-corrected chi connectivity index (χ2v) is 7.43. The summed E-state index contributed by atoms with van der Waals surface area (Å²) in [5, 5.41) is 3.42. The van der Waals surface area contributed by atoms with Crippen molar-refractivity contribution in [2.75, 3.05) is 18.1 Å². The molecule has 1 saturated carbocycles. The van der Waals surface area contributed by atoms with Crippen LogP contribution in [0.2, 0.25) is 0 Å². The zero-order valence-electron chi connectivity index (χ0n) is 13.8. The van der Waals surface area contributed by atoms with Gasteiger partial charge < -0.3 is 10.3 Å². The summed E-state index contributed by atoms with van der Waals surface area (Å²) in [7, 11) is 0. The fourth-order valence-electron chi connectivity index (χ4n) is 2.70. The Kier molecular flexibility index (Phi) is 4.43. The summed E-state index contributed by atoms with van der Waals surface area (Å²) in [6, 6.07) is 3.88. The summed E-state index contributed by atoms with van der Waals surface area (Å²) >= 11 is 1.94. The number of anilines is 1. The molecule has 0 amide bonds. The van der Waals surface area contributed by atoms with Crippen molar-refractivity contribution in [2.24, 2.45) is 0 Å². The van der Waals surface area contributed by atoms with E-state index in [9.17, 15) is 4.79 Å². The second kappa shape index (κ2) is 6.35. The van der Waals surface area contributed by atoms with Crippen LogP contribution in [0.3, 0.4) is 0 Å². The molecule has 0 aliphatic heterocycles. The maximum atomic E-state index is 11.9. The van der Waals surface area contributed by atoms with Crippen molar-refractivity contribution in [3.8, 4) is 11.4 Å². The Balaban J connectivity index is 1.73. The predicted molar refractivity (Wildman–Crippen MR) is 96.1 cm³/mol. The van der Waals surface area contributed by atoms with Crippen molar-refractivity contribution in [1.29, 1.82) is 0 Å². The number of nitrogens with one attached hydrogen (secondary N) is 2. The van der Waals surface area contributed by atoms with Gasteiger partial charge in [0.2, 0.25) is 0 Å². The van der Waals surface area contributed by atoms with E-state index in [1.807, 2.05) is 30.8 Å². The molecule has 6 heteroatoms. The molecule has 0 saturated heterocycles. The van der Waals surface area contributed by atoms with Crippen molar-refractivity contribution in [3.63, 3.8) is 0 Å². The first-order chi connectivity index (χ1) is 11.0. The van der Waals surface area contributed by atoms with Gasteiger partial charge in [-0.3, -0.25) is 4.79 Å². The van der Waals surface area contributed by atoms with Crippen LogP contribution in [0.5, 0.6) is 0 Å². The normalized spacial score (nSPS) is 16.0. The molecule has 1 aliphatic carbocycles. The number of hydrogen-bond acceptors (Lipinski definition) is 5. The first-order valence-electron chi connectivity index (χ1n) is 7.86. The molecule has 1 fully saturated rings. The van der Waals surface area contributed by atoms with Crippen LogP contribution in [0.4, 0.5) is 5.82 Å². The predicted octanol–water partition coefficient (Wildman–Crippen LogP) is 3.15. The number of nitrogens with zero attached hydrogens (tertiary/aromatic N) is 2. The van der Waals surface area contributed by atoms with Gasteiger partial charge >= 0.3 is 0 Å². The molecule has 122 valence electrons. The highest BCUT2D eigenvalue weighted by atomic mass is 32.2. The van der Waals surface area contributed by atoms with E-state index in [1.54, 1.807) is 13.1 Å². The van der Waals surface area contributed by atoms with E-state index in [2.05, 4.69) is 26.5 Å². The Morgan fingerprint density at radius 2 is 2.13 bits per heavy atom. The summed E-state index contributed by atoms with van der Waals surface area (Å²) in [6.07, 6.45) is 7.79. The zero-order chi connectivity index (χ0) is 16.4. The molecule has 23 heavy (non-hydrogen) atoms. The number of hydrogen-bond donors (Lipinski definition) is 2. The molecule has 0 atom stereocenters. The van der Waals surface area contributed by atoms with E-state index in [0.29, 0.717) is 16.1 Å². The van der Waals surface area contributed by atoms with Crippen molar-refractivity contribution >= 4 is 17.6 Å². The van der Waals surface area contributed by atoms with Gasteiger partial charge in [-0.1, -0.05) is 6.42 Å². The van der Waals surface area contributed by atoms with Gasteiger partial charge in [-0.2, -0.15) is 11.8 Å². The number of aromatic nitrogens is 3. The van der Waals surface area contributed by atoms with Gasteiger partial charge in [0.25, 0.3) is 5.56 Å². The molecule has 2 heterocycles. The molecular formula is C17H22N4OS. The van der Waals surface area contributed by atoms with Crippen LogP contribution in [-0.4, -0.2) is 32.5 Å². The minimum atomic E-state index is -0.0957. The lowest BCUT2D eigenvalue weighted by atomic mass is 9.84. The van der Waals surface area contributed by atoms with Crippen molar-refractivity contribution in [3.05, 3.63) is 39.9 Å². The molecule has 0 bridgehead atoms. The Labute approximate surface area is 140 Å². The van der Waals surface area contributed by atoms with Gasteiger partial charge in [-0.05, 0) is 45.1 Å². The van der Waals surface area contributed by atoms with Crippen molar-refractivity contribution in [2.45, 2.75) is 37.9 Å². The number of aromatic amines is 1. The third-order valence-electron chi connectivity index (χ3n) is 4.72. The lowest BCUT2D eigenvalue weighted by Gasteiger charge is -2.40. The molecule has 0 aromatic carbocycles. The van der Waals surface area contributed by atoms with Gasteiger partial charge in [-0.25, -0.2) is 9.97 Å². The second-order valence-electron chi connectivity index (χ2n) is 6.15. The smallest absolute Gasteiger partial charge is 0.254 e. The first kappa shape index (κ1) is 16.1. The highest BCUT2D eigenvalue weighted by Gasteiger charge is 2.35. The Morgan fingerprint density at radius 3 is 2.65 bits per heavy atom. The van der Waals surface area contributed by atoms with E-state index in [0.717, 1.165) is 23.6 Å². The van der Waals surface area contributed by atoms with E-state index < -0.39 is 0 Å². The van der Waals surface area contributed by atoms with Crippen LogP contribution in [0, 0.1) is 13.8 Å². The van der Waals surface area contributed by atoms with Gasteiger partial charge in [0.05, 0.1) is 0 Å². The SMILES string of the molecule is CSC1(CNc2ccc(-c3nc(C)c(C)c(=O)[nH]3)cn2)CCC1. The Morgan fingerprint density at radius 1 is 1.35 bits per heavy atom. The molecule has 2 aromatic rings. The first-order valence-corrected chi connectivity index (χ1v) is 9.08. The molecule has 0 radical (unpaired) electrons. The zero-order valence-corrected chi connectivity index (χ0v) is 14.6. The van der Waals surface area contributed by atoms with Gasteiger partial charge in [0.15, 0.2) is 0 Å². The highest BCUT2D eigenvalue weighted by molar-refractivity contribution is 8.00. The summed E-state index contributed by atoms with van der Waals surface area (Å²) in [4.78, 5) is 23.5. The Bertz CT molecular complexity index is 745. The average molecular weight is 330 g/mol. The molecule has 0 spiro atoms. The van der Waals surface area contributed by atoms with Crippen LogP contribution >= 0.6 is 11.8 Å². The molecule has 1 aliphatic rings. The van der Waals surface area contributed by atoms with Crippen LogP contribution in [0.1, 0.15) is 30.5 Å². The summed E-state index contributed by atoms with van der Waals surface area (Å²) in [5.74, 6) is 1.43. The van der Waals surface area contributed by atoms with Crippen LogP contribution in [0.15, 0.2) is 23.1 Å². The minimum absolute atomic E-state index is 0.0957. The molecule has 2 N–H and O–H groups in total. The number of thioether (sulfide) groups is 1. The third-order valence-corrected chi connectivity index (χ3v) is 6.14. The standard InChI is InChI=1S/C17H22N4OS/c1-11-12(2)20-15(21-16(11)22)13-5-6-14(18-9-13)19-10-17(23-3)7-4-8-17/h5-6,9H,4,7-8,10H2,1-3H3,(H,18,19)(H,20,21,22). The fraction of sp³-hybridized carbons (Fsp3) is 0.471. The number of H-pyrrole nitrogens is 1. The van der Waals surface area contributed by atoms with Crippen LogP contribution in [0.25, 0.3) is 11.4 Å². The quantitative estimate of drug-likeness (QED) is 0.881. The van der Waals surface area contributed by atoms with Gasteiger partial charge in [0.1, 0.15) is 11.6 Å². The van der Waals surface area contributed by atoms with E-state index in [-0.39, 0.29) is 5.56 Å². The van der Waals surface area contributed by atoms with Crippen molar-refractivity contribution in [1.82, 2.24) is 15.0 Å². The van der Waals surface area contributed by atoms with Gasteiger partial charge in [-0.15, -0.1) is 0 Å². The lowest BCUT2D eigenvalue weighted by Crippen LogP contribution is -2.40. The number of aryl methyl sites for hydroxylation is 1. The number of rotatable bonds is 5. The largest absolute Gasteiger partial charge is 0.369 e. The highest BCUT2D eigenvalue weighted by Crippen LogP contribution is 2.42. The van der Waals surface area contributed by atoms with E-state index in [4.69, 9.17) is 0 Å². The number of pyridine rings is 1. The third kappa shape index (κ3) is 3.27. The van der Waals surface area contributed by atoms with E-state index in [1.165, 1.54) is 19.3 Å². The van der Waals surface area contributed by atoms with Gasteiger partial charge in [0, 0.05) is 34.3 Å². The monoisotopic (exact) mass is 330 g/mol. The van der Waals surface area contributed by atoms with Crippen LogP contribution < -0.4 is 10.9 Å². The maximum absolute atomic E-state index is 11.9. The summed E-state index contributed by atoms with van der Waals surface area (Å²) in [5.41, 5.74) is 2.13. The molecule has 2 aromatic heterocycles. The fourth-order valence-corrected chi connectivity index (χ4v) is 3.61. The Hall–Kier alpha value is -1.82. The molecular weight excluding hydrogens is 308 g/mol. The summed E-state index contributed by atoms with van der Waals surface area (Å²) in [6.45, 7) is 4.56. The maximum Gasteiger partial charge on any atom is 0.254 e. The van der Waals surface area contributed by atoms with Crippen LogP contribution in [-0.2, 0) is 0 Å². The molecule has 3 rings (SSSR count). The lowest BCUT2D eigenvalue weighted by molar-refractivity contribution is 0.379. The van der Waals surface area contributed by atoms with Crippen molar-refractivity contribution < 1.29 is 0 Å². The summed E-state index contributed by atoms with van der Waals surface area (Å²) < 4.78 is 0.376. The minimum Gasteiger partial charge on any atom is -0.369 e.